The molecule has 0 aliphatic heterocycles. The van der Waals surface area contributed by atoms with Gasteiger partial charge in [0.15, 0.2) is 0 Å². The first-order valence-corrected chi connectivity index (χ1v) is 7.75. The molecule has 1 N–H and O–H groups in total. The quantitative estimate of drug-likeness (QED) is 0.944. The Bertz CT molecular complexity index is 631. The van der Waals surface area contributed by atoms with Gasteiger partial charge in [-0.3, -0.25) is 4.68 Å². The summed E-state index contributed by atoms with van der Waals surface area (Å²) in [6, 6.07) is 3.98. The second-order valence-corrected chi connectivity index (χ2v) is 6.84. The predicted molar refractivity (Wildman–Crippen MR) is 85.4 cm³/mol. The lowest BCUT2D eigenvalue weighted by Crippen LogP contribution is -2.38. The number of hydrogen-bond acceptors (Lipinski definition) is 3. The van der Waals surface area contributed by atoms with Gasteiger partial charge in [0.2, 0.25) is 0 Å². The Morgan fingerprint density at radius 1 is 1.52 bits per heavy atom. The van der Waals surface area contributed by atoms with E-state index >= 15 is 0 Å². The van der Waals surface area contributed by atoms with Crippen LogP contribution in [0.5, 0.6) is 0 Å². The summed E-state index contributed by atoms with van der Waals surface area (Å²) in [7, 11) is 3.65. The fourth-order valence-corrected chi connectivity index (χ4v) is 3.34. The van der Waals surface area contributed by atoms with Gasteiger partial charge in [0.25, 0.3) is 0 Å². The molecule has 0 radical (unpaired) electrons. The third-order valence-electron chi connectivity index (χ3n) is 3.40. The third kappa shape index (κ3) is 3.85. The van der Waals surface area contributed by atoms with E-state index in [4.69, 9.17) is 0 Å². The average molecular weight is 306 g/mol. The van der Waals surface area contributed by atoms with Crippen molar-refractivity contribution in [3.8, 4) is 0 Å². The molecule has 2 aromatic heterocycles. The zero-order valence-electron chi connectivity index (χ0n) is 13.2. The van der Waals surface area contributed by atoms with Crippen LogP contribution >= 0.6 is 11.3 Å². The monoisotopic (exact) mass is 306 g/mol. The van der Waals surface area contributed by atoms with E-state index in [0.29, 0.717) is 6.54 Å². The van der Waals surface area contributed by atoms with E-state index in [1.807, 2.05) is 26.2 Å². The van der Waals surface area contributed by atoms with Crippen LogP contribution in [0, 0.1) is 13.8 Å². The Kier molecular flexibility index (Phi) is 4.67. The molecule has 6 heteroatoms. The van der Waals surface area contributed by atoms with E-state index < -0.39 is 0 Å². The molecule has 114 valence electrons. The fraction of sp³-hybridized carbons (Fsp3) is 0.467. The number of amides is 2. The highest BCUT2D eigenvalue weighted by Crippen LogP contribution is 2.26. The first kappa shape index (κ1) is 15.6. The Morgan fingerprint density at radius 3 is 2.76 bits per heavy atom. The highest BCUT2D eigenvalue weighted by molar-refractivity contribution is 7.12. The highest BCUT2D eigenvalue weighted by atomic mass is 32.1. The molecule has 1 unspecified atom stereocenters. The zero-order chi connectivity index (χ0) is 15.6. The van der Waals surface area contributed by atoms with Crippen LogP contribution in [0.25, 0.3) is 0 Å². The number of thiophene rings is 1. The number of carbonyl (C=O) groups excluding carboxylic acids is 1. The molecule has 0 spiro atoms. The molecule has 0 fully saturated rings. The van der Waals surface area contributed by atoms with E-state index in [1.165, 1.54) is 15.3 Å². The van der Waals surface area contributed by atoms with Crippen molar-refractivity contribution in [2.75, 3.05) is 7.05 Å². The second-order valence-electron chi connectivity index (χ2n) is 5.38. The standard InChI is InChI=1S/C15H22N4OS/c1-10-8-14(12(3)21-10)11(2)16-15(20)18(4)9-13-6-7-19(5)17-13/h6-8,11H,9H2,1-5H3,(H,16,20). The van der Waals surface area contributed by atoms with Crippen molar-refractivity contribution in [3.05, 3.63) is 39.3 Å². The van der Waals surface area contributed by atoms with Crippen LogP contribution in [0.15, 0.2) is 18.3 Å². The molecule has 0 saturated heterocycles. The van der Waals surface area contributed by atoms with Crippen molar-refractivity contribution in [3.63, 3.8) is 0 Å². The van der Waals surface area contributed by atoms with Gasteiger partial charge in [-0.05, 0) is 38.5 Å². The molecule has 2 aromatic rings. The number of hydrogen-bond donors (Lipinski definition) is 1. The second kappa shape index (κ2) is 6.30. The molecule has 0 bridgehead atoms. The Morgan fingerprint density at radius 2 is 2.24 bits per heavy atom. The summed E-state index contributed by atoms with van der Waals surface area (Å²) in [6.45, 7) is 6.69. The van der Waals surface area contributed by atoms with Gasteiger partial charge in [-0.1, -0.05) is 0 Å². The Labute approximate surface area is 129 Å². The SMILES string of the molecule is Cc1cc(C(C)NC(=O)N(C)Cc2ccn(C)n2)c(C)s1. The first-order valence-electron chi connectivity index (χ1n) is 6.94. The summed E-state index contributed by atoms with van der Waals surface area (Å²) in [5.41, 5.74) is 2.07. The number of rotatable bonds is 4. The minimum Gasteiger partial charge on any atom is -0.331 e. The van der Waals surface area contributed by atoms with Gasteiger partial charge in [0, 0.05) is 30.0 Å². The number of nitrogens with zero attached hydrogens (tertiary/aromatic N) is 3. The van der Waals surface area contributed by atoms with Gasteiger partial charge in [0.05, 0.1) is 18.3 Å². The molecule has 1 atom stereocenters. The van der Waals surface area contributed by atoms with Crippen LogP contribution in [-0.2, 0) is 13.6 Å². The largest absolute Gasteiger partial charge is 0.331 e. The van der Waals surface area contributed by atoms with Gasteiger partial charge >= 0.3 is 6.03 Å². The molecule has 0 saturated carbocycles. The number of aryl methyl sites for hydroxylation is 3. The molecule has 2 amide bonds. The first-order chi connectivity index (χ1) is 9.86. The van der Waals surface area contributed by atoms with Crippen LogP contribution < -0.4 is 5.32 Å². The summed E-state index contributed by atoms with van der Waals surface area (Å²) < 4.78 is 1.74. The smallest absolute Gasteiger partial charge is 0.317 e. The van der Waals surface area contributed by atoms with Gasteiger partial charge in [-0.15, -0.1) is 11.3 Å². The minimum absolute atomic E-state index is 0.00799. The van der Waals surface area contributed by atoms with Crippen LogP contribution in [-0.4, -0.2) is 27.8 Å². The van der Waals surface area contributed by atoms with Crippen molar-refractivity contribution < 1.29 is 4.79 Å². The van der Waals surface area contributed by atoms with Gasteiger partial charge < -0.3 is 10.2 Å². The Hall–Kier alpha value is -1.82. The molecular formula is C15H22N4OS. The lowest BCUT2D eigenvalue weighted by atomic mass is 10.1. The number of aromatic nitrogens is 2. The van der Waals surface area contributed by atoms with Crippen molar-refractivity contribution in [2.45, 2.75) is 33.4 Å². The maximum Gasteiger partial charge on any atom is 0.317 e. The topological polar surface area (TPSA) is 50.2 Å². The minimum atomic E-state index is -0.0867. The molecule has 5 nitrogen and oxygen atoms in total. The van der Waals surface area contributed by atoms with Crippen molar-refractivity contribution in [1.29, 1.82) is 0 Å². The van der Waals surface area contributed by atoms with Crippen molar-refractivity contribution in [1.82, 2.24) is 20.0 Å². The van der Waals surface area contributed by atoms with Crippen LogP contribution in [0.2, 0.25) is 0 Å². The van der Waals surface area contributed by atoms with Crippen molar-refractivity contribution >= 4 is 17.4 Å². The normalized spacial score (nSPS) is 12.2. The Balaban J connectivity index is 1.95. The average Bonchev–Trinajstić information content (AvgIpc) is 2.95. The van der Waals surface area contributed by atoms with Crippen LogP contribution in [0.3, 0.4) is 0 Å². The molecular weight excluding hydrogens is 284 g/mol. The van der Waals surface area contributed by atoms with E-state index in [9.17, 15) is 4.79 Å². The lowest BCUT2D eigenvalue weighted by molar-refractivity contribution is 0.203. The molecule has 21 heavy (non-hydrogen) atoms. The van der Waals surface area contributed by atoms with Crippen LogP contribution in [0.1, 0.15) is 34.0 Å². The molecule has 0 aromatic carbocycles. The van der Waals surface area contributed by atoms with E-state index in [-0.39, 0.29) is 12.1 Å². The molecule has 2 heterocycles. The summed E-state index contributed by atoms with van der Waals surface area (Å²) in [4.78, 5) is 16.4. The fourth-order valence-electron chi connectivity index (χ4n) is 2.32. The number of nitrogens with one attached hydrogen (secondary N) is 1. The van der Waals surface area contributed by atoms with E-state index in [2.05, 4.69) is 30.3 Å². The van der Waals surface area contributed by atoms with Gasteiger partial charge in [-0.2, -0.15) is 5.10 Å². The van der Waals surface area contributed by atoms with Crippen LogP contribution in [0.4, 0.5) is 4.79 Å². The lowest BCUT2D eigenvalue weighted by Gasteiger charge is -2.20. The number of urea groups is 1. The maximum atomic E-state index is 12.2. The highest BCUT2D eigenvalue weighted by Gasteiger charge is 2.17. The van der Waals surface area contributed by atoms with Gasteiger partial charge in [0.1, 0.15) is 0 Å². The van der Waals surface area contributed by atoms with Gasteiger partial charge in [-0.25, -0.2) is 4.79 Å². The molecule has 0 aliphatic carbocycles. The van der Waals surface area contributed by atoms with E-state index in [1.54, 1.807) is 28.0 Å². The summed E-state index contributed by atoms with van der Waals surface area (Å²) in [5, 5.41) is 7.32. The summed E-state index contributed by atoms with van der Waals surface area (Å²) >= 11 is 1.76. The van der Waals surface area contributed by atoms with Crippen molar-refractivity contribution in [2.24, 2.45) is 7.05 Å². The summed E-state index contributed by atoms with van der Waals surface area (Å²) in [6.07, 6.45) is 1.88. The predicted octanol–water partition coefficient (Wildman–Crippen LogP) is 3.00. The summed E-state index contributed by atoms with van der Waals surface area (Å²) in [5.74, 6) is 0. The zero-order valence-corrected chi connectivity index (χ0v) is 14.0. The molecule has 0 aliphatic rings. The third-order valence-corrected chi connectivity index (χ3v) is 4.38. The van der Waals surface area contributed by atoms with E-state index in [0.717, 1.165) is 5.69 Å². The molecule has 2 rings (SSSR count). The maximum absolute atomic E-state index is 12.2. The number of carbonyl (C=O) groups is 1.